The smallest absolute Gasteiger partial charge is 0.312 e. The van der Waals surface area contributed by atoms with E-state index in [1.165, 1.54) is 64.2 Å². The summed E-state index contributed by atoms with van der Waals surface area (Å²) in [6.07, 6.45) is 14.0. The molecule has 8 nitrogen and oxygen atoms in total. The number of methoxy groups -OCH3 is 1. The van der Waals surface area contributed by atoms with Crippen LogP contribution in [0.3, 0.4) is 0 Å². The van der Waals surface area contributed by atoms with E-state index in [9.17, 15) is 14.9 Å². The Bertz CT molecular complexity index is 910. The Kier molecular flexibility index (Phi) is 7.46. The summed E-state index contributed by atoms with van der Waals surface area (Å²) >= 11 is 0. The molecule has 1 N–H and O–H groups in total. The zero-order valence-corrected chi connectivity index (χ0v) is 20.9. The number of nitro benzene ring substituents is 1. The molecular formula is C27H39N3O5. The van der Waals surface area contributed by atoms with E-state index in [4.69, 9.17) is 9.47 Å². The second kappa shape index (κ2) is 10.7. The van der Waals surface area contributed by atoms with E-state index >= 15 is 0 Å². The third-order valence-corrected chi connectivity index (χ3v) is 8.81. The van der Waals surface area contributed by atoms with Crippen molar-refractivity contribution in [2.75, 3.05) is 20.2 Å². The number of carbonyl (C=O) groups is 1. The van der Waals surface area contributed by atoms with Crippen LogP contribution in [0.5, 0.6) is 11.5 Å². The number of nitrogens with zero attached hydrogens (tertiary/aromatic N) is 2. The highest BCUT2D eigenvalue weighted by Crippen LogP contribution is 2.43. The van der Waals surface area contributed by atoms with Crippen LogP contribution >= 0.6 is 0 Å². The Labute approximate surface area is 207 Å². The molecule has 192 valence electrons. The highest BCUT2D eigenvalue weighted by Gasteiger charge is 2.42. The van der Waals surface area contributed by atoms with Crippen molar-refractivity contribution >= 4 is 11.6 Å². The SMILES string of the molecule is COc1cc(OC2CCCCC2)c([N+](=O)[O-])cc1C(=O)NC1CCN(C2C3CCCC2CCC3)C1. The summed E-state index contributed by atoms with van der Waals surface area (Å²) in [5, 5.41) is 15.0. The highest BCUT2D eigenvalue weighted by molar-refractivity contribution is 5.98. The Morgan fingerprint density at radius 2 is 1.66 bits per heavy atom. The molecule has 4 aliphatic rings. The number of amides is 1. The van der Waals surface area contributed by atoms with Crippen molar-refractivity contribution in [1.29, 1.82) is 0 Å². The average Bonchev–Trinajstić information content (AvgIpc) is 3.31. The molecule has 4 fully saturated rings. The maximum Gasteiger partial charge on any atom is 0.312 e. The summed E-state index contributed by atoms with van der Waals surface area (Å²) in [5.41, 5.74) is 0.0211. The molecule has 35 heavy (non-hydrogen) atoms. The standard InChI is InChI=1S/C27H39N3O5/c1-34-24-16-25(35-21-11-3-2-4-12-21)23(30(32)33)15-22(24)27(31)28-20-13-14-29(17-20)26-18-7-5-8-19(26)10-6-9-18/h15-16,18-21,26H,2-14,17H2,1H3,(H,28,31). The fraction of sp³-hybridized carbons (Fsp3) is 0.741. The van der Waals surface area contributed by atoms with E-state index in [1.54, 1.807) is 0 Å². The molecule has 5 rings (SSSR count). The predicted octanol–water partition coefficient (Wildman–Crippen LogP) is 5.09. The lowest BCUT2D eigenvalue weighted by Crippen LogP contribution is -2.50. The molecule has 1 atom stereocenters. The number of nitrogens with one attached hydrogen (secondary N) is 1. The van der Waals surface area contributed by atoms with Gasteiger partial charge in [-0.3, -0.25) is 19.8 Å². The number of carbonyl (C=O) groups excluding carboxylic acids is 1. The summed E-state index contributed by atoms with van der Waals surface area (Å²) in [4.78, 5) is 27.3. The Morgan fingerprint density at radius 1 is 0.971 bits per heavy atom. The van der Waals surface area contributed by atoms with Crippen molar-refractivity contribution in [2.45, 2.75) is 95.2 Å². The molecule has 0 aromatic heterocycles. The van der Waals surface area contributed by atoms with Crippen LogP contribution in [-0.4, -0.2) is 54.1 Å². The second-order valence-corrected chi connectivity index (χ2v) is 11.0. The van der Waals surface area contributed by atoms with Gasteiger partial charge in [-0.25, -0.2) is 0 Å². The second-order valence-electron chi connectivity index (χ2n) is 11.0. The van der Waals surface area contributed by atoms with Crippen LogP contribution in [-0.2, 0) is 0 Å². The molecule has 1 aromatic rings. The van der Waals surface area contributed by atoms with Gasteiger partial charge in [0, 0.05) is 37.3 Å². The van der Waals surface area contributed by atoms with E-state index in [1.807, 2.05) is 0 Å². The minimum atomic E-state index is -0.465. The molecule has 2 bridgehead atoms. The van der Waals surface area contributed by atoms with Gasteiger partial charge in [0.1, 0.15) is 5.75 Å². The zero-order valence-electron chi connectivity index (χ0n) is 20.9. The molecule has 1 aromatic carbocycles. The first-order valence-corrected chi connectivity index (χ1v) is 13.6. The van der Waals surface area contributed by atoms with E-state index in [-0.39, 0.29) is 35.1 Å². The van der Waals surface area contributed by atoms with Crippen LogP contribution in [0.25, 0.3) is 0 Å². The van der Waals surface area contributed by atoms with Crippen LogP contribution in [0, 0.1) is 22.0 Å². The Hall–Kier alpha value is -2.35. The first-order valence-electron chi connectivity index (χ1n) is 13.6. The fourth-order valence-corrected chi connectivity index (χ4v) is 7.17. The monoisotopic (exact) mass is 485 g/mol. The minimum Gasteiger partial charge on any atom is -0.496 e. The minimum absolute atomic E-state index is 0.0319. The maximum atomic E-state index is 13.3. The first-order chi connectivity index (χ1) is 17.0. The maximum absolute atomic E-state index is 13.3. The highest BCUT2D eigenvalue weighted by atomic mass is 16.6. The van der Waals surface area contributed by atoms with E-state index < -0.39 is 4.92 Å². The fourth-order valence-electron chi connectivity index (χ4n) is 7.17. The van der Waals surface area contributed by atoms with Crippen LogP contribution in [0.2, 0.25) is 0 Å². The van der Waals surface area contributed by atoms with Crippen LogP contribution in [0.1, 0.15) is 87.4 Å². The summed E-state index contributed by atoms with van der Waals surface area (Å²) < 4.78 is 11.5. The lowest BCUT2D eigenvalue weighted by molar-refractivity contribution is -0.386. The first kappa shape index (κ1) is 24.3. The number of hydrogen-bond acceptors (Lipinski definition) is 6. The number of ether oxygens (including phenoxy) is 2. The lowest BCUT2D eigenvalue weighted by Gasteiger charge is -2.47. The van der Waals surface area contributed by atoms with Gasteiger partial charge in [-0.15, -0.1) is 0 Å². The Balaban J connectivity index is 1.28. The van der Waals surface area contributed by atoms with Crippen LogP contribution in [0.15, 0.2) is 12.1 Å². The van der Waals surface area contributed by atoms with Crippen molar-refractivity contribution in [3.05, 3.63) is 27.8 Å². The topological polar surface area (TPSA) is 93.9 Å². The molecule has 8 heteroatoms. The lowest BCUT2D eigenvalue weighted by atomic mass is 9.68. The molecule has 1 heterocycles. The van der Waals surface area contributed by atoms with Crippen LogP contribution < -0.4 is 14.8 Å². The number of likely N-dealkylation sites (tertiary alicyclic amines) is 1. The molecule has 3 aliphatic carbocycles. The summed E-state index contributed by atoms with van der Waals surface area (Å²) in [5.74, 6) is 1.79. The molecule has 0 radical (unpaired) electrons. The van der Waals surface area contributed by atoms with E-state index in [0.717, 1.165) is 57.0 Å². The molecule has 0 spiro atoms. The van der Waals surface area contributed by atoms with Crippen molar-refractivity contribution < 1.29 is 19.2 Å². The quantitative estimate of drug-likeness (QED) is 0.427. The van der Waals surface area contributed by atoms with Gasteiger partial charge < -0.3 is 14.8 Å². The van der Waals surface area contributed by atoms with Gasteiger partial charge in [0.15, 0.2) is 0 Å². The number of benzene rings is 1. The van der Waals surface area contributed by atoms with Crippen molar-refractivity contribution in [3.8, 4) is 11.5 Å². The van der Waals surface area contributed by atoms with Gasteiger partial charge in [0.05, 0.1) is 23.7 Å². The van der Waals surface area contributed by atoms with Gasteiger partial charge >= 0.3 is 5.69 Å². The Morgan fingerprint density at radius 3 is 2.29 bits per heavy atom. The molecule has 1 aliphatic heterocycles. The largest absolute Gasteiger partial charge is 0.496 e. The summed E-state index contributed by atoms with van der Waals surface area (Å²) in [6, 6.07) is 3.55. The molecule has 1 amide bonds. The number of rotatable bonds is 7. The zero-order chi connectivity index (χ0) is 24.4. The number of nitro groups is 1. The summed E-state index contributed by atoms with van der Waals surface area (Å²) in [6.45, 7) is 1.87. The number of hydrogen-bond donors (Lipinski definition) is 1. The van der Waals surface area contributed by atoms with Crippen molar-refractivity contribution in [2.24, 2.45) is 11.8 Å². The van der Waals surface area contributed by atoms with Crippen molar-refractivity contribution in [3.63, 3.8) is 0 Å². The molecular weight excluding hydrogens is 446 g/mol. The number of fused-ring (bicyclic) bond motifs is 2. The third kappa shape index (κ3) is 5.27. The molecule has 1 saturated heterocycles. The van der Waals surface area contributed by atoms with Gasteiger partial charge in [-0.2, -0.15) is 0 Å². The van der Waals surface area contributed by atoms with Gasteiger partial charge in [-0.05, 0) is 69.6 Å². The van der Waals surface area contributed by atoms with Crippen molar-refractivity contribution in [1.82, 2.24) is 10.2 Å². The van der Waals surface area contributed by atoms with Gasteiger partial charge in [-0.1, -0.05) is 19.3 Å². The normalized spacial score (nSPS) is 29.5. The van der Waals surface area contributed by atoms with E-state index in [0.29, 0.717) is 11.8 Å². The summed E-state index contributed by atoms with van der Waals surface area (Å²) in [7, 11) is 1.49. The molecule has 3 saturated carbocycles. The third-order valence-electron chi connectivity index (χ3n) is 8.81. The van der Waals surface area contributed by atoms with Crippen LogP contribution in [0.4, 0.5) is 5.69 Å². The average molecular weight is 486 g/mol. The predicted molar refractivity (Wildman–Crippen MR) is 133 cm³/mol. The van der Waals surface area contributed by atoms with E-state index in [2.05, 4.69) is 10.2 Å². The van der Waals surface area contributed by atoms with Gasteiger partial charge in [0.2, 0.25) is 5.75 Å². The molecule has 1 unspecified atom stereocenters. The van der Waals surface area contributed by atoms with Gasteiger partial charge in [0.25, 0.3) is 5.91 Å².